The Morgan fingerprint density at radius 3 is 1.84 bits per heavy atom. The first-order chi connectivity index (χ1) is 21.3. The molecular weight excluding hydrogens is 526 g/mol. The number of pyridine rings is 3. The molecular formula is C38H27N5. The molecule has 0 fully saturated rings. The largest absolute Gasteiger partial charge is 0.387 e. The second kappa shape index (κ2) is 10.5. The fraction of sp³-hybridized carbons (Fsp3) is 0.0263. The van der Waals surface area contributed by atoms with Crippen LogP contribution in [0.15, 0.2) is 140 Å². The summed E-state index contributed by atoms with van der Waals surface area (Å²) in [6, 6.07) is 45.7. The van der Waals surface area contributed by atoms with Crippen LogP contribution >= 0.6 is 0 Å². The first-order valence-corrected chi connectivity index (χ1v) is 14.4. The number of nitrogens with zero attached hydrogens (tertiary/aromatic N) is 4. The lowest BCUT2D eigenvalue weighted by molar-refractivity contribution is 0.852. The van der Waals surface area contributed by atoms with Crippen LogP contribution in [0.2, 0.25) is 0 Å². The Kier molecular flexibility index (Phi) is 6.12. The summed E-state index contributed by atoms with van der Waals surface area (Å²) < 4.78 is 2.24. The maximum Gasteiger partial charge on any atom is 0.138 e. The van der Waals surface area contributed by atoms with Gasteiger partial charge in [0.1, 0.15) is 5.82 Å². The number of hydrogen-bond acceptors (Lipinski definition) is 4. The van der Waals surface area contributed by atoms with Gasteiger partial charge < -0.3 is 5.32 Å². The Morgan fingerprint density at radius 1 is 0.488 bits per heavy atom. The van der Waals surface area contributed by atoms with Crippen LogP contribution in [0.4, 0.5) is 0 Å². The SMILES string of the molecule is C1=Cc2c(c3ccccc3n2-c2cccc(-c3cccc(-c4cccc(-c5ccc(-c6ccccc6)cc5)n4)n3)n2)CN1. The molecule has 7 aromatic rings. The Balaban J connectivity index is 1.13. The number of rotatable bonds is 5. The summed E-state index contributed by atoms with van der Waals surface area (Å²) in [7, 11) is 0. The zero-order valence-electron chi connectivity index (χ0n) is 23.4. The predicted molar refractivity (Wildman–Crippen MR) is 174 cm³/mol. The number of para-hydroxylation sites is 1. The highest BCUT2D eigenvalue weighted by molar-refractivity contribution is 5.90. The third-order valence-electron chi connectivity index (χ3n) is 7.93. The molecule has 0 spiro atoms. The van der Waals surface area contributed by atoms with E-state index in [0.717, 1.165) is 57.6 Å². The van der Waals surface area contributed by atoms with Crippen molar-refractivity contribution in [3.63, 3.8) is 0 Å². The molecule has 204 valence electrons. The van der Waals surface area contributed by atoms with E-state index in [9.17, 15) is 0 Å². The zero-order valence-corrected chi connectivity index (χ0v) is 23.4. The molecule has 3 aromatic carbocycles. The highest BCUT2D eigenvalue weighted by atomic mass is 15.1. The molecule has 1 N–H and O–H groups in total. The van der Waals surface area contributed by atoms with E-state index < -0.39 is 0 Å². The molecule has 5 heterocycles. The monoisotopic (exact) mass is 553 g/mol. The molecule has 1 aliphatic heterocycles. The molecule has 1 aliphatic rings. The van der Waals surface area contributed by atoms with E-state index in [4.69, 9.17) is 15.0 Å². The van der Waals surface area contributed by atoms with Gasteiger partial charge in [0.15, 0.2) is 0 Å². The molecule has 5 heteroatoms. The summed E-state index contributed by atoms with van der Waals surface area (Å²) in [6.45, 7) is 0.797. The molecule has 4 aromatic heterocycles. The van der Waals surface area contributed by atoms with Gasteiger partial charge in [0, 0.05) is 23.1 Å². The Hall–Kier alpha value is -5.81. The summed E-state index contributed by atoms with van der Waals surface area (Å²) in [5.41, 5.74) is 11.2. The molecule has 8 rings (SSSR count). The summed E-state index contributed by atoms with van der Waals surface area (Å²) in [6.07, 6.45) is 4.13. The molecule has 0 saturated heterocycles. The zero-order chi connectivity index (χ0) is 28.6. The standard InChI is InChI=1S/C38H27N5/c1-2-9-26(10-3-1)27-19-21-28(22-20-27)31-12-6-13-32(40-31)33-14-7-15-34(41-33)35-16-8-18-38(42-35)43-36-17-5-4-11-29(36)30-25-39-24-23-37(30)43/h1-24,39H,25H2. The van der Waals surface area contributed by atoms with Crippen LogP contribution in [0.3, 0.4) is 0 Å². The highest BCUT2D eigenvalue weighted by Crippen LogP contribution is 2.32. The first-order valence-electron chi connectivity index (χ1n) is 14.4. The lowest BCUT2D eigenvalue weighted by Crippen LogP contribution is -2.11. The van der Waals surface area contributed by atoms with Crippen LogP contribution < -0.4 is 5.32 Å². The van der Waals surface area contributed by atoms with Crippen LogP contribution in [0, 0.1) is 0 Å². The van der Waals surface area contributed by atoms with Gasteiger partial charge in [-0.15, -0.1) is 0 Å². The fourth-order valence-corrected chi connectivity index (χ4v) is 5.85. The van der Waals surface area contributed by atoms with Gasteiger partial charge in [0.25, 0.3) is 0 Å². The summed E-state index contributed by atoms with van der Waals surface area (Å²) in [5, 5.41) is 4.59. The maximum absolute atomic E-state index is 5.10. The van der Waals surface area contributed by atoms with Crippen LogP contribution in [-0.4, -0.2) is 19.5 Å². The van der Waals surface area contributed by atoms with Crippen LogP contribution in [0.1, 0.15) is 11.3 Å². The summed E-state index contributed by atoms with van der Waals surface area (Å²) in [5.74, 6) is 0.868. The summed E-state index contributed by atoms with van der Waals surface area (Å²) in [4.78, 5) is 15.1. The second-order valence-electron chi connectivity index (χ2n) is 10.6. The van der Waals surface area contributed by atoms with Crippen LogP contribution in [-0.2, 0) is 6.54 Å². The second-order valence-corrected chi connectivity index (χ2v) is 10.6. The first kappa shape index (κ1) is 24.9. The number of benzene rings is 3. The maximum atomic E-state index is 5.10. The van der Waals surface area contributed by atoms with Gasteiger partial charge in [0.05, 0.1) is 39.7 Å². The molecule has 5 nitrogen and oxygen atoms in total. The van der Waals surface area contributed by atoms with Crippen LogP contribution in [0.25, 0.3) is 68.0 Å². The minimum atomic E-state index is 0.797. The van der Waals surface area contributed by atoms with Gasteiger partial charge >= 0.3 is 0 Å². The van der Waals surface area contributed by atoms with Crippen molar-refractivity contribution >= 4 is 17.0 Å². The Bertz CT molecular complexity index is 2130. The van der Waals surface area contributed by atoms with Crippen molar-refractivity contribution in [3.05, 3.63) is 151 Å². The van der Waals surface area contributed by atoms with Crippen molar-refractivity contribution in [2.24, 2.45) is 0 Å². The van der Waals surface area contributed by atoms with E-state index in [-0.39, 0.29) is 0 Å². The minimum Gasteiger partial charge on any atom is -0.387 e. The van der Waals surface area contributed by atoms with Crippen molar-refractivity contribution in [2.75, 3.05) is 0 Å². The van der Waals surface area contributed by atoms with E-state index in [1.807, 2.05) is 54.7 Å². The molecule has 0 amide bonds. The smallest absolute Gasteiger partial charge is 0.138 e. The van der Waals surface area contributed by atoms with E-state index in [1.54, 1.807) is 0 Å². The Labute approximate surface area is 249 Å². The van der Waals surface area contributed by atoms with Crippen molar-refractivity contribution in [3.8, 4) is 51.0 Å². The number of fused-ring (bicyclic) bond motifs is 3. The van der Waals surface area contributed by atoms with E-state index in [0.29, 0.717) is 0 Å². The average Bonchev–Trinajstić information content (AvgIpc) is 3.43. The number of hydrogen-bond donors (Lipinski definition) is 1. The van der Waals surface area contributed by atoms with Gasteiger partial charge in [0.2, 0.25) is 0 Å². The fourth-order valence-electron chi connectivity index (χ4n) is 5.85. The van der Waals surface area contributed by atoms with Gasteiger partial charge in [-0.1, -0.05) is 91.0 Å². The average molecular weight is 554 g/mol. The van der Waals surface area contributed by atoms with E-state index in [2.05, 4.69) is 101 Å². The van der Waals surface area contributed by atoms with Gasteiger partial charge in [-0.2, -0.15) is 0 Å². The Morgan fingerprint density at radius 2 is 1.07 bits per heavy atom. The minimum absolute atomic E-state index is 0.797. The van der Waals surface area contributed by atoms with Gasteiger partial charge in [-0.05, 0) is 65.9 Å². The molecule has 43 heavy (non-hydrogen) atoms. The normalized spacial score (nSPS) is 12.2. The van der Waals surface area contributed by atoms with Crippen molar-refractivity contribution in [1.29, 1.82) is 0 Å². The number of nitrogens with one attached hydrogen (secondary N) is 1. The van der Waals surface area contributed by atoms with Gasteiger partial charge in [-0.3, -0.25) is 4.57 Å². The lowest BCUT2D eigenvalue weighted by atomic mass is 10.0. The van der Waals surface area contributed by atoms with Crippen LogP contribution in [0.5, 0.6) is 0 Å². The predicted octanol–water partition coefficient (Wildman–Crippen LogP) is 8.56. The third kappa shape index (κ3) is 4.57. The molecule has 0 atom stereocenters. The highest BCUT2D eigenvalue weighted by Gasteiger charge is 2.19. The van der Waals surface area contributed by atoms with E-state index in [1.165, 1.54) is 22.1 Å². The topological polar surface area (TPSA) is 55.6 Å². The molecule has 0 unspecified atom stereocenters. The van der Waals surface area contributed by atoms with Crippen molar-refractivity contribution in [2.45, 2.75) is 6.54 Å². The third-order valence-corrected chi connectivity index (χ3v) is 7.93. The summed E-state index contributed by atoms with van der Waals surface area (Å²) >= 11 is 0. The molecule has 0 bridgehead atoms. The van der Waals surface area contributed by atoms with Crippen molar-refractivity contribution in [1.82, 2.24) is 24.8 Å². The molecule has 0 aliphatic carbocycles. The van der Waals surface area contributed by atoms with Crippen molar-refractivity contribution < 1.29 is 0 Å². The molecule has 0 saturated carbocycles. The van der Waals surface area contributed by atoms with E-state index >= 15 is 0 Å². The number of aromatic nitrogens is 4. The lowest BCUT2D eigenvalue weighted by Gasteiger charge is -2.13. The quantitative estimate of drug-likeness (QED) is 0.232. The van der Waals surface area contributed by atoms with Gasteiger partial charge in [-0.25, -0.2) is 15.0 Å². The molecule has 0 radical (unpaired) electrons.